The highest BCUT2D eigenvalue weighted by atomic mass is 79.9. The Morgan fingerprint density at radius 2 is 1.07 bits per heavy atom. The second-order valence-corrected chi connectivity index (χ2v) is 15.2. The number of unbranched alkanes of at least 4 members (excludes halogenated alkanes) is 8. The molecule has 0 N–H and O–H groups in total. The predicted octanol–water partition coefficient (Wildman–Crippen LogP) is 10.8. The minimum absolute atomic E-state index is 0.481. The number of fused-ring (bicyclic) bond motifs is 1. The van der Waals surface area contributed by atoms with Gasteiger partial charge in [0.25, 0.3) is 0 Å². The lowest BCUT2D eigenvalue weighted by molar-refractivity contribution is 0.599. The summed E-state index contributed by atoms with van der Waals surface area (Å²) in [4.78, 5) is 0. The van der Waals surface area contributed by atoms with Gasteiger partial charge in [-0.3, -0.25) is 0 Å². The summed E-state index contributed by atoms with van der Waals surface area (Å²) >= 11 is 14.3. The Balaban J connectivity index is 1.82. The van der Waals surface area contributed by atoms with Gasteiger partial charge in [0.15, 0.2) is 0 Å². The van der Waals surface area contributed by atoms with E-state index in [1.165, 1.54) is 101 Å². The van der Waals surface area contributed by atoms with Gasteiger partial charge in [-0.2, -0.15) is 0 Å². The van der Waals surface area contributed by atoms with E-state index in [1.807, 2.05) is 0 Å². The van der Waals surface area contributed by atoms with Crippen molar-refractivity contribution >= 4 is 74.5 Å². The lowest BCUT2D eigenvalue weighted by atomic mass is 9.91. The third-order valence-corrected chi connectivity index (χ3v) is 7.69. The molecule has 0 nitrogen and oxygen atoms in total. The summed E-state index contributed by atoms with van der Waals surface area (Å²) in [7, 11) is 0. The van der Waals surface area contributed by atoms with Crippen LogP contribution in [0.4, 0.5) is 0 Å². The van der Waals surface area contributed by atoms with Gasteiger partial charge in [-0.05, 0) is 60.4 Å². The SMILES string of the molecule is BrC(Br)CCCCCCCc1ccc2ccccc2c1CCCCCCCC(Br)Br. The molecular weight excluding hydrogens is 632 g/mol. The van der Waals surface area contributed by atoms with Crippen LogP contribution in [-0.4, -0.2) is 7.47 Å². The van der Waals surface area contributed by atoms with Crippen molar-refractivity contribution in [3.8, 4) is 0 Å². The molecule has 0 heterocycles. The van der Waals surface area contributed by atoms with Gasteiger partial charge in [-0.25, -0.2) is 0 Å². The number of aryl methyl sites for hydroxylation is 2. The Morgan fingerprint density at radius 1 is 0.533 bits per heavy atom. The topological polar surface area (TPSA) is 0 Å². The van der Waals surface area contributed by atoms with Crippen LogP contribution < -0.4 is 0 Å². The molecule has 0 aromatic heterocycles. The molecule has 0 unspecified atom stereocenters. The maximum absolute atomic E-state index is 3.58. The van der Waals surface area contributed by atoms with Crippen LogP contribution in [0, 0.1) is 0 Å². The van der Waals surface area contributed by atoms with E-state index in [2.05, 4.69) is 100 Å². The van der Waals surface area contributed by atoms with E-state index >= 15 is 0 Å². The van der Waals surface area contributed by atoms with Gasteiger partial charge < -0.3 is 0 Å². The molecule has 0 fully saturated rings. The zero-order valence-corrected chi connectivity index (χ0v) is 24.4. The minimum Gasteiger partial charge on any atom is -0.0765 e. The highest BCUT2D eigenvalue weighted by molar-refractivity contribution is 9.25. The van der Waals surface area contributed by atoms with Crippen LogP contribution in [0.3, 0.4) is 0 Å². The van der Waals surface area contributed by atoms with Crippen molar-refractivity contribution in [1.82, 2.24) is 0 Å². The number of hydrogen-bond donors (Lipinski definition) is 0. The van der Waals surface area contributed by atoms with E-state index in [9.17, 15) is 0 Å². The number of rotatable bonds is 16. The van der Waals surface area contributed by atoms with Crippen molar-refractivity contribution in [2.75, 3.05) is 0 Å². The summed E-state index contributed by atoms with van der Waals surface area (Å²) in [6, 6.07) is 13.7. The molecule has 0 saturated heterocycles. The summed E-state index contributed by atoms with van der Waals surface area (Å²) in [5.41, 5.74) is 3.21. The molecule has 0 aliphatic rings. The molecule has 2 aromatic rings. The van der Waals surface area contributed by atoms with Crippen molar-refractivity contribution in [2.24, 2.45) is 0 Å². The second kappa shape index (κ2) is 16.3. The van der Waals surface area contributed by atoms with Crippen LogP contribution in [0.25, 0.3) is 10.8 Å². The Morgan fingerprint density at radius 3 is 1.70 bits per heavy atom. The molecule has 0 saturated carbocycles. The fourth-order valence-electron chi connectivity index (χ4n) is 4.19. The van der Waals surface area contributed by atoms with Crippen molar-refractivity contribution in [1.29, 1.82) is 0 Å². The van der Waals surface area contributed by atoms with E-state index in [-0.39, 0.29) is 0 Å². The van der Waals surface area contributed by atoms with Gasteiger partial charge in [0, 0.05) is 0 Å². The third kappa shape index (κ3) is 11.0. The average molecular weight is 668 g/mol. The first-order valence-electron chi connectivity index (χ1n) is 11.6. The number of alkyl halides is 4. The van der Waals surface area contributed by atoms with E-state index in [0.29, 0.717) is 7.47 Å². The Kier molecular flexibility index (Phi) is 14.6. The molecule has 2 rings (SSSR count). The third-order valence-electron chi connectivity index (χ3n) is 5.86. The molecule has 0 spiro atoms. The quantitative estimate of drug-likeness (QED) is 0.123. The van der Waals surface area contributed by atoms with Crippen molar-refractivity contribution in [2.45, 2.75) is 97.4 Å². The molecule has 2 aromatic carbocycles. The molecule has 30 heavy (non-hydrogen) atoms. The van der Waals surface area contributed by atoms with Gasteiger partial charge in [-0.15, -0.1) is 0 Å². The molecule has 0 amide bonds. The zero-order valence-electron chi connectivity index (χ0n) is 18.0. The number of halogens is 4. The van der Waals surface area contributed by atoms with Crippen molar-refractivity contribution in [3.63, 3.8) is 0 Å². The second-order valence-electron chi connectivity index (χ2n) is 8.32. The highest BCUT2D eigenvalue weighted by Gasteiger charge is 2.08. The van der Waals surface area contributed by atoms with Crippen LogP contribution >= 0.6 is 63.7 Å². The van der Waals surface area contributed by atoms with Gasteiger partial charge in [-0.1, -0.05) is 151 Å². The lowest BCUT2D eigenvalue weighted by Gasteiger charge is -2.14. The summed E-state index contributed by atoms with van der Waals surface area (Å²) in [5.74, 6) is 0. The highest BCUT2D eigenvalue weighted by Crippen LogP contribution is 2.27. The number of benzene rings is 2. The van der Waals surface area contributed by atoms with Gasteiger partial charge >= 0.3 is 0 Å². The Labute approximate surface area is 217 Å². The predicted molar refractivity (Wildman–Crippen MR) is 150 cm³/mol. The van der Waals surface area contributed by atoms with E-state index in [1.54, 1.807) is 11.1 Å². The van der Waals surface area contributed by atoms with Gasteiger partial charge in [0.2, 0.25) is 0 Å². The fraction of sp³-hybridized carbons (Fsp3) is 0.615. The lowest BCUT2D eigenvalue weighted by Crippen LogP contribution is -1.98. The first kappa shape index (κ1) is 26.9. The first-order valence-corrected chi connectivity index (χ1v) is 15.3. The van der Waals surface area contributed by atoms with E-state index in [4.69, 9.17) is 0 Å². The van der Waals surface area contributed by atoms with Crippen LogP contribution in [0.2, 0.25) is 0 Å². The fourth-order valence-corrected chi connectivity index (χ4v) is 5.48. The zero-order chi connectivity index (χ0) is 21.6. The van der Waals surface area contributed by atoms with E-state index in [0.717, 1.165) is 0 Å². The van der Waals surface area contributed by atoms with E-state index < -0.39 is 0 Å². The maximum atomic E-state index is 3.58. The molecule has 0 atom stereocenters. The first-order chi connectivity index (χ1) is 14.6. The average Bonchev–Trinajstić information content (AvgIpc) is 2.72. The summed E-state index contributed by atoms with van der Waals surface area (Å²) in [6.07, 6.45) is 18.3. The number of hydrogen-bond acceptors (Lipinski definition) is 0. The largest absolute Gasteiger partial charge is 0.0765 e. The summed E-state index contributed by atoms with van der Waals surface area (Å²) in [5, 5.41) is 2.88. The van der Waals surface area contributed by atoms with Crippen LogP contribution in [0.5, 0.6) is 0 Å². The molecule has 0 aliphatic heterocycles. The summed E-state index contributed by atoms with van der Waals surface area (Å²) < 4.78 is 0.963. The standard InChI is InChI=1S/C26H36Br4/c27-25(28)17-9-5-1-3-7-13-21-19-20-22-14-11-12-16-24(22)23(21)15-8-4-2-6-10-18-26(29)30/h11-12,14,16,19-20,25-26H,1-10,13,15,17-18H2. The summed E-state index contributed by atoms with van der Waals surface area (Å²) in [6.45, 7) is 0. The molecule has 168 valence electrons. The van der Waals surface area contributed by atoms with Crippen LogP contribution in [-0.2, 0) is 12.8 Å². The van der Waals surface area contributed by atoms with Crippen LogP contribution in [0.15, 0.2) is 36.4 Å². The molecule has 0 radical (unpaired) electrons. The Hall–Kier alpha value is 0.620. The maximum Gasteiger partial charge on any atom is 0.0697 e. The minimum atomic E-state index is 0.481. The van der Waals surface area contributed by atoms with Gasteiger partial charge in [0.05, 0.1) is 7.47 Å². The molecule has 0 bridgehead atoms. The monoisotopic (exact) mass is 664 g/mol. The van der Waals surface area contributed by atoms with Crippen molar-refractivity contribution in [3.05, 3.63) is 47.5 Å². The molecule has 4 heteroatoms. The molecule has 0 aliphatic carbocycles. The van der Waals surface area contributed by atoms with Gasteiger partial charge in [0.1, 0.15) is 0 Å². The Bertz CT molecular complexity index is 711. The van der Waals surface area contributed by atoms with Crippen molar-refractivity contribution < 1.29 is 0 Å². The molecular formula is C26H36Br4. The van der Waals surface area contributed by atoms with Crippen LogP contribution in [0.1, 0.15) is 88.2 Å². The smallest absolute Gasteiger partial charge is 0.0697 e. The normalized spacial score (nSPS) is 11.8.